The van der Waals surface area contributed by atoms with Crippen molar-refractivity contribution in [3.63, 3.8) is 0 Å². The number of nitrogens with zero attached hydrogens (tertiary/aromatic N) is 3. The summed E-state index contributed by atoms with van der Waals surface area (Å²) >= 11 is 7.42. The van der Waals surface area contributed by atoms with Crippen LogP contribution in [0.15, 0.2) is 35.7 Å². The van der Waals surface area contributed by atoms with Crippen LogP contribution in [-0.2, 0) is 0 Å². The van der Waals surface area contributed by atoms with Gasteiger partial charge in [-0.25, -0.2) is 9.37 Å². The first kappa shape index (κ1) is 12.3. The molecule has 3 aromatic rings. The van der Waals surface area contributed by atoms with Gasteiger partial charge in [0.2, 0.25) is 5.28 Å². The van der Waals surface area contributed by atoms with E-state index in [1.54, 1.807) is 11.0 Å². The highest BCUT2D eigenvalue weighted by Gasteiger charge is 2.13. The maximum absolute atomic E-state index is 13.3. The van der Waals surface area contributed by atoms with Crippen LogP contribution in [0.4, 0.5) is 15.9 Å². The summed E-state index contributed by atoms with van der Waals surface area (Å²) in [5, 5.41) is 3.02. The molecule has 0 aliphatic carbocycles. The molecule has 0 saturated heterocycles. The van der Waals surface area contributed by atoms with Crippen LogP contribution in [0.1, 0.15) is 0 Å². The zero-order chi connectivity index (χ0) is 13.4. The second kappa shape index (κ2) is 4.75. The second-order valence-electron chi connectivity index (χ2n) is 3.99. The van der Waals surface area contributed by atoms with Crippen LogP contribution in [0.5, 0.6) is 0 Å². The molecule has 6 heteroatoms. The number of anilines is 2. The van der Waals surface area contributed by atoms with Gasteiger partial charge in [-0.3, -0.25) is 0 Å². The quantitative estimate of drug-likeness (QED) is 0.661. The Bertz CT molecular complexity index is 744. The molecule has 2 heterocycles. The summed E-state index contributed by atoms with van der Waals surface area (Å²) in [4.78, 5) is 11.0. The lowest BCUT2D eigenvalue weighted by molar-refractivity contribution is 0.628. The molecule has 19 heavy (non-hydrogen) atoms. The molecule has 3 rings (SSSR count). The first-order valence-corrected chi connectivity index (χ1v) is 6.81. The highest BCUT2D eigenvalue weighted by molar-refractivity contribution is 7.16. The maximum Gasteiger partial charge on any atom is 0.225 e. The molecule has 1 aromatic carbocycles. The molecular weight excluding hydrogens is 285 g/mol. The van der Waals surface area contributed by atoms with E-state index in [0.29, 0.717) is 11.5 Å². The molecule has 0 atom stereocenters. The van der Waals surface area contributed by atoms with Gasteiger partial charge >= 0.3 is 0 Å². The first-order chi connectivity index (χ1) is 9.15. The van der Waals surface area contributed by atoms with Gasteiger partial charge < -0.3 is 4.90 Å². The van der Waals surface area contributed by atoms with E-state index in [0.717, 1.165) is 10.2 Å². The zero-order valence-electron chi connectivity index (χ0n) is 9.97. The van der Waals surface area contributed by atoms with E-state index < -0.39 is 0 Å². The lowest BCUT2D eigenvalue weighted by Crippen LogP contribution is -2.12. The highest BCUT2D eigenvalue weighted by Crippen LogP contribution is 2.32. The summed E-state index contributed by atoms with van der Waals surface area (Å²) in [6.07, 6.45) is 0. The smallest absolute Gasteiger partial charge is 0.225 e. The molecule has 0 fully saturated rings. The Kier molecular flexibility index (Phi) is 3.08. The van der Waals surface area contributed by atoms with Crippen LogP contribution >= 0.6 is 22.9 Å². The molecule has 0 N–H and O–H groups in total. The molecular formula is C13H9ClFN3S. The van der Waals surface area contributed by atoms with Crippen LogP contribution in [-0.4, -0.2) is 17.0 Å². The average molecular weight is 294 g/mol. The van der Waals surface area contributed by atoms with Gasteiger partial charge in [-0.2, -0.15) is 4.98 Å². The van der Waals surface area contributed by atoms with E-state index in [1.165, 1.54) is 23.5 Å². The van der Waals surface area contributed by atoms with Gasteiger partial charge in [-0.15, -0.1) is 11.3 Å². The van der Waals surface area contributed by atoms with Crippen molar-refractivity contribution in [2.75, 3.05) is 11.9 Å². The molecule has 0 radical (unpaired) electrons. The summed E-state index contributed by atoms with van der Waals surface area (Å²) in [5.74, 6) is 0.382. The summed E-state index contributed by atoms with van der Waals surface area (Å²) in [6, 6.07) is 8.27. The SMILES string of the molecule is CN(c1cccc(F)c1)c1nc(Cl)nc2sccc12. The summed E-state index contributed by atoms with van der Waals surface area (Å²) in [5.41, 5.74) is 0.710. The van der Waals surface area contributed by atoms with Gasteiger partial charge in [-0.1, -0.05) is 6.07 Å². The minimum atomic E-state index is -0.286. The van der Waals surface area contributed by atoms with Gasteiger partial charge in [0.1, 0.15) is 16.5 Å². The number of hydrogen-bond donors (Lipinski definition) is 0. The lowest BCUT2D eigenvalue weighted by Gasteiger charge is -2.19. The Morgan fingerprint density at radius 1 is 1.26 bits per heavy atom. The monoisotopic (exact) mass is 293 g/mol. The number of fused-ring (bicyclic) bond motifs is 1. The second-order valence-corrected chi connectivity index (χ2v) is 5.23. The maximum atomic E-state index is 13.3. The number of aromatic nitrogens is 2. The Labute approximate surface area is 118 Å². The van der Waals surface area contributed by atoms with E-state index in [1.807, 2.05) is 24.6 Å². The van der Waals surface area contributed by atoms with E-state index in [2.05, 4.69) is 9.97 Å². The van der Waals surface area contributed by atoms with Crippen molar-refractivity contribution in [3.8, 4) is 0 Å². The van der Waals surface area contributed by atoms with Gasteiger partial charge in [0.25, 0.3) is 0 Å². The lowest BCUT2D eigenvalue weighted by atomic mass is 10.2. The fourth-order valence-electron chi connectivity index (χ4n) is 1.88. The molecule has 0 amide bonds. The van der Waals surface area contributed by atoms with Crippen LogP contribution < -0.4 is 4.90 Å². The van der Waals surface area contributed by atoms with Gasteiger partial charge in [0.05, 0.1) is 5.39 Å². The molecule has 0 spiro atoms. The number of rotatable bonds is 2. The van der Waals surface area contributed by atoms with Crippen molar-refractivity contribution in [2.45, 2.75) is 0 Å². The van der Waals surface area contributed by atoms with Crippen molar-refractivity contribution in [1.29, 1.82) is 0 Å². The van der Waals surface area contributed by atoms with Crippen LogP contribution in [0.25, 0.3) is 10.2 Å². The first-order valence-electron chi connectivity index (χ1n) is 5.55. The van der Waals surface area contributed by atoms with Gasteiger partial charge in [0, 0.05) is 12.7 Å². The molecule has 0 aliphatic heterocycles. The number of thiophene rings is 1. The van der Waals surface area contributed by atoms with E-state index in [4.69, 9.17) is 11.6 Å². The molecule has 96 valence electrons. The largest absolute Gasteiger partial charge is 0.329 e. The highest BCUT2D eigenvalue weighted by atomic mass is 35.5. The van der Waals surface area contributed by atoms with Gasteiger partial charge in [0.15, 0.2) is 0 Å². The summed E-state index contributed by atoms with van der Waals surface area (Å²) < 4.78 is 13.3. The normalized spacial score (nSPS) is 10.9. The molecule has 0 unspecified atom stereocenters. The van der Waals surface area contributed by atoms with Crippen molar-refractivity contribution in [2.24, 2.45) is 0 Å². The van der Waals surface area contributed by atoms with E-state index >= 15 is 0 Å². The Hall–Kier alpha value is -1.72. The Morgan fingerprint density at radius 3 is 2.89 bits per heavy atom. The topological polar surface area (TPSA) is 29.0 Å². The molecule has 0 aliphatic rings. The molecule has 3 nitrogen and oxygen atoms in total. The summed E-state index contributed by atoms with van der Waals surface area (Å²) in [7, 11) is 1.82. The zero-order valence-corrected chi connectivity index (χ0v) is 11.5. The van der Waals surface area contributed by atoms with Crippen LogP contribution in [0.2, 0.25) is 5.28 Å². The Balaban J connectivity index is 2.15. The third-order valence-corrected chi connectivity index (χ3v) is 3.77. The number of benzene rings is 1. The predicted molar refractivity (Wildman–Crippen MR) is 76.9 cm³/mol. The van der Waals surface area contributed by atoms with Gasteiger partial charge in [-0.05, 0) is 41.2 Å². The fourth-order valence-corrected chi connectivity index (χ4v) is 2.85. The van der Waals surface area contributed by atoms with Crippen molar-refractivity contribution >= 4 is 44.7 Å². The minimum Gasteiger partial charge on any atom is -0.329 e. The van der Waals surface area contributed by atoms with E-state index in [9.17, 15) is 4.39 Å². The van der Waals surface area contributed by atoms with Crippen molar-refractivity contribution in [3.05, 3.63) is 46.8 Å². The standard InChI is InChI=1S/C13H9ClFN3S/c1-18(9-4-2-3-8(15)7-9)11-10-5-6-19-12(10)17-13(14)16-11/h2-7H,1H3. The Morgan fingerprint density at radius 2 is 2.11 bits per heavy atom. The third-order valence-electron chi connectivity index (χ3n) is 2.79. The molecule has 0 bridgehead atoms. The fraction of sp³-hybridized carbons (Fsp3) is 0.0769. The van der Waals surface area contributed by atoms with Crippen LogP contribution in [0, 0.1) is 5.82 Å². The average Bonchev–Trinajstić information content (AvgIpc) is 2.85. The van der Waals surface area contributed by atoms with Crippen molar-refractivity contribution < 1.29 is 4.39 Å². The van der Waals surface area contributed by atoms with E-state index in [-0.39, 0.29) is 11.1 Å². The van der Waals surface area contributed by atoms with Crippen molar-refractivity contribution in [1.82, 2.24) is 9.97 Å². The number of halogens is 2. The molecule has 2 aromatic heterocycles. The third kappa shape index (κ3) is 2.27. The number of hydrogen-bond acceptors (Lipinski definition) is 4. The van der Waals surface area contributed by atoms with Crippen LogP contribution in [0.3, 0.4) is 0 Å². The minimum absolute atomic E-state index is 0.188. The summed E-state index contributed by atoms with van der Waals surface area (Å²) in [6.45, 7) is 0. The predicted octanol–water partition coefficient (Wildman–Crippen LogP) is 4.25. The molecule has 0 saturated carbocycles.